The molecule has 29 rings (SSSR count). The highest BCUT2D eigenvalue weighted by atomic mass is 32.1. The molecule has 11 heteroatoms. The van der Waals surface area contributed by atoms with Gasteiger partial charge in [0.25, 0.3) is 0 Å². The highest BCUT2D eigenvalue weighted by Crippen LogP contribution is 2.67. The third-order valence-corrected chi connectivity index (χ3v) is 32.8. The lowest BCUT2D eigenvalue weighted by Crippen LogP contribution is -2.28. The van der Waals surface area contributed by atoms with Crippen molar-refractivity contribution < 1.29 is 0 Å². The summed E-state index contributed by atoms with van der Waals surface area (Å²) >= 11 is 5.29. The molecule has 1 spiro atoms. The number of terminal acetylenes is 1. The molecule has 0 aliphatic heterocycles. The molecule has 0 bridgehead atoms. The highest BCUT2D eigenvalue weighted by molar-refractivity contribution is 7.18. The van der Waals surface area contributed by atoms with Crippen LogP contribution in [0.2, 0.25) is 0 Å². The minimum Gasteiger partial charge on any atom is -0.296 e. The van der Waals surface area contributed by atoms with Gasteiger partial charge in [0.2, 0.25) is 0 Å². The Morgan fingerprint density at radius 1 is 0.273 bits per heavy atom. The normalized spacial score (nSPS) is 15.1. The molecule has 3 atom stereocenters. The van der Waals surface area contributed by atoms with Gasteiger partial charge in [-0.05, 0) is 254 Å². The molecular formula is C132H82N8S3. The number of benzene rings is 19. The van der Waals surface area contributed by atoms with Crippen LogP contribution in [0.3, 0.4) is 0 Å². The van der Waals surface area contributed by atoms with Gasteiger partial charge >= 0.3 is 0 Å². The van der Waals surface area contributed by atoms with Gasteiger partial charge in [-0.15, -0.1) is 40.4 Å². The molecule has 0 radical (unpaired) electrons. The number of hydrogen-bond donors (Lipinski definition) is 0. The van der Waals surface area contributed by atoms with Crippen molar-refractivity contribution in [3.63, 3.8) is 0 Å². The van der Waals surface area contributed by atoms with Crippen LogP contribution in [0.1, 0.15) is 96.2 Å². The van der Waals surface area contributed by atoms with Gasteiger partial charge < -0.3 is 0 Å². The monoisotopic (exact) mass is 1870 g/mol. The standard InChI is InChI=1S/C47H27N3S.C47H29N3S.C38H26N2S/c48-27-29-18-20-30(21-19-29)36-28-51-43-25-24-39-44(45(36)43)35-13-5-7-15-38(35)47(39)37-14-6-4-12-33(37)34-23-22-31(26-40(34)47)46-49-41-16-8-9-17-42(41)50(46)32-10-2-1-3-11-32;48-29-31-19-21-32(22-20-31)38-30-51-43-28-27-40-44(45(38)43)37-15-7-8-16-39(37)47(40,34-11-3-1-4-12-34)35-25-23-33(24-26-35)46-49-41-17-9-10-18-42(41)50(46)36-13-5-2-6-14-36;1-3-25-24-41-34-23-22-31-37(36(25)34)29-14-8-9-15-30(29)38(31,26-12-6-5-7-13-26)27-18-20-28(21-19-27)40-33-17-11-10-16-32(33)39-35(40)4-2/h1-26,28H;1-28,30H;1,5-24H,4H2,2H3. The number of nitriles is 2. The van der Waals surface area contributed by atoms with Crippen LogP contribution in [-0.4, -0.2) is 28.7 Å². The second-order valence-electron chi connectivity index (χ2n) is 37.0. The largest absolute Gasteiger partial charge is 0.296 e. The van der Waals surface area contributed by atoms with E-state index in [-0.39, 0.29) is 0 Å². The summed E-state index contributed by atoms with van der Waals surface area (Å²) in [6, 6.07) is 163. The summed E-state index contributed by atoms with van der Waals surface area (Å²) in [7, 11) is 0. The maximum atomic E-state index is 9.49. The van der Waals surface area contributed by atoms with Crippen molar-refractivity contribution in [3.05, 3.63) is 548 Å². The molecule has 3 unspecified atom stereocenters. The van der Waals surface area contributed by atoms with Gasteiger partial charge in [0, 0.05) is 86.9 Å². The Labute approximate surface area is 838 Å². The number of hydrogen-bond acceptors (Lipinski definition) is 8. The first-order valence-corrected chi connectivity index (χ1v) is 50.9. The molecule has 143 heavy (non-hydrogen) atoms. The van der Waals surface area contributed by atoms with Crippen molar-refractivity contribution in [2.24, 2.45) is 0 Å². The number of thiophene rings is 3. The maximum Gasteiger partial charge on any atom is 0.145 e. The van der Waals surface area contributed by atoms with Crippen LogP contribution >= 0.6 is 34.0 Å². The Morgan fingerprint density at radius 2 is 0.615 bits per heavy atom. The van der Waals surface area contributed by atoms with Crippen LogP contribution < -0.4 is 0 Å². The highest BCUT2D eigenvalue weighted by Gasteiger charge is 2.54. The maximum absolute atomic E-state index is 9.49. The number of aryl methyl sites for hydroxylation is 1. The van der Waals surface area contributed by atoms with Crippen molar-refractivity contribution in [1.29, 1.82) is 10.5 Å². The van der Waals surface area contributed by atoms with E-state index in [0.29, 0.717) is 11.1 Å². The Kier molecular flexibility index (Phi) is 19.9. The molecule has 6 aromatic heterocycles. The Morgan fingerprint density at radius 3 is 1.08 bits per heavy atom. The van der Waals surface area contributed by atoms with Crippen molar-refractivity contribution in [3.8, 4) is 131 Å². The van der Waals surface area contributed by atoms with Crippen molar-refractivity contribution in [2.45, 2.75) is 29.6 Å². The first kappa shape index (κ1) is 84.3. The van der Waals surface area contributed by atoms with Crippen LogP contribution in [-0.2, 0) is 22.7 Å². The first-order valence-electron chi connectivity index (χ1n) is 48.3. The van der Waals surface area contributed by atoms with E-state index in [9.17, 15) is 10.5 Å². The van der Waals surface area contributed by atoms with E-state index >= 15 is 0 Å². The number of aromatic nitrogens is 6. The molecule has 25 aromatic rings. The van der Waals surface area contributed by atoms with E-state index in [1.165, 1.54) is 153 Å². The summed E-state index contributed by atoms with van der Waals surface area (Å²) in [5, 5.41) is 29.4. The van der Waals surface area contributed by atoms with E-state index in [0.717, 1.165) is 102 Å². The van der Waals surface area contributed by atoms with E-state index < -0.39 is 16.2 Å². The first-order chi connectivity index (χ1) is 70.8. The molecule has 0 amide bonds. The fourth-order valence-electron chi connectivity index (χ4n) is 24.1. The number of imidazole rings is 3. The van der Waals surface area contributed by atoms with E-state index in [2.05, 4.69) is 467 Å². The average Bonchev–Trinajstić information content (AvgIpc) is 1.46. The van der Waals surface area contributed by atoms with E-state index in [1.807, 2.05) is 30.3 Å². The summed E-state index contributed by atoms with van der Waals surface area (Å²) in [5.41, 5.74) is 42.6. The van der Waals surface area contributed by atoms with Gasteiger partial charge in [-0.1, -0.05) is 334 Å². The second kappa shape index (κ2) is 33.7. The molecule has 4 aliphatic rings. The quantitative estimate of drug-likeness (QED) is 0.113. The zero-order valence-electron chi connectivity index (χ0n) is 77.5. The van der Waals surface area contributed by atoms with Gasteiger partial charge in [-0.3, -0.25) is 13.7 Å². The lowest BCUT2D eigenvalue weighted by atomic mass is 9.67. The average molecular weight is 1880 g/mol. The molecular weight excluding hydrogens is 1790 g/mol. The molecule has 19 aromatic carbocycles. The Bertz CT molecular complexity index is 9600. The van der Waals surface area contributed by atoms with Crippen LogP contribution in [0.5, 0.6) is 0 Å². The predicted octanol–water partition coefficient (Wildman–Crippen LogP) is 32.7. The van der Waals surface area contributed by atoms with Crippen molar-refractivity contribution in [1.82, 2.24) is 28.7 Å². The predicted molar refractivity (Wildman–Crippen MR) is 589 cm³/mol. The zero-order chi connectivity index (χ0) is 95.2. The van der Waals surface area contributed by atoms with Crippen molar-refractivity contribution in [2.75, 3.05) is 0 Å². The lowest BCUT2D eigenvalue weighted by Gasteiger charge is -2.34. The third-order valence-electron chi connectivity index (χ3n) is 30.0. The molecule has 668 valence electrons. The summed E-state index contributed by atoms with van der Waals surface area (Å²) in [6.07, 6.45) is 6.90. The number of fused-ring (bicyclic) bond motifs is 25. The Balaban J connectivity index is 0.000000108. The molecule has 0 N–H and O–H groups in total. The van der Waals surface area contributed by atoms with Crippen LogP contribution in [0.4, 0.5) is 0 Å². The molecule has 8 nitrogen and oxygen atoms in total. The van der Waals surface area contributed by atoms with Gasteiger partial charge in [0.05, 0.1) is 72.6 Å². The van der Waals surface area contributed by atoms with Gasteiger partial charge in [-0.2, -0.15) is 10.5 Å². The van der Waals surface area contributed by atoms with Gasteiger partial charge in [0.1, 0.15) is 17.5 Å². The molecule has 0 saturated heterocycles. The molecule has 4 aliphatic carbocycles. The Hall–Kier alpha value is -18.0. The van der Waals surface area contributed by atoms with E-state index in [4.69, 9.17) is 21.4 Å². The second-order valence-corrected chi connectivity index (χ2v) is 39.7. The summed E-state index contributed by atoms with van der Waals surface area (Å²) < 4.78 is 10.6. The van der Waals surface area contributed by atoms with Crippen molar-refractivity contribution >= 4 is 97.4 Å². The lowest BCUT2D eigenvalue weighted by molar-refractivity contribution is 0.768. The van der Waals surface area contributed by atoms with Crippen LogP contribution in [0, 0.1) is 35.0 Å². The minimum atomic E-state index is -0.538. The van der Waals surface area contributed by atoms with Crippen LogP contribution in [0.25, 0.3) is 170 Å². The third kappa shape index (κ3) is 12.7. The fourth-order valence-corrected chi connectivity index (χ4v) is 26.9. The topological polar surface area (TPSA) is 101 Å². The van der Waals surface area contributed by atoms with Crippen LogP contribution in [0.15, 0.2) is 459 Å². The summed E-state index contributed by atoms with van der Waals surface area (Å²) in [6.45, 7) is 2.17. The SMILES string of the molecule is C#Cc1csc2ccc3c(c12)-c1ccccc1C3(c1ccccc1)c1ccc(-n2c(CC)nc3ccccc32)cc1.N#Cc1ccc(-c2csc3ccc4c(c23)-c2ccccc2C4(c2ccccc2)c2ccc(-c3nc4ccccc4n3-c3ccccc3)cc2)cc1.N#Cc1ccc(-c2csc3ccc4c(c23)-c2ccccc2C42c3ccccc3-c3ccc(-c4nc5ccccc5n4-c4ccccc4)cc32)cc1. The van der Waals surface area contributed by atoms with Gasteiger partial charge in [0.15, 0.2) is 0 Å². The molecule has 0 saturated carbocycles. The number of rotatable bonds is 12. The zero-order valence-corrected chi connectivity index (χ0v) is 79.9. The number of nitrogens with zero attached hydrogens (tertiary/aromatic N) is 8. The summed E-state index contributed by atoms with van der Waals surface area (Å²) in [5.74, 6) is 5.88. The minimum absolute atomic E-state index is 0.474. The number of para-hydroxylation sites is 8. The van der Waals surface area contributed by atoms with Gasteiger partial charge in [-0.25, -0.2) is 15.0 Å². The summed E-state index contributed by atoms with van der Waals surface area (Å²) in [4.78, 5) is 15.3. The fraction of sp³-hybridized carbons (Fsp3) is 0.0379. The molecule has 0 fully saturated rings. The molecule has 6 heterocycles. The smallest absolute Gasteiger partial charge is 0.145 e. The van der Waals surface area contributed by atoms with E-state index in [1.54, 1.807) is 34.0 Å².